The molecule has 2 aromatic heterocycles. The standard InChI is InChI=1S/C17H14N4O3S/c1-10(22)12-4-2-11(3-5-12)8-13-6-7-25-15(13)9-14(23)16(24)17-18-20-21-19-17/h2-7H,8-9H2,1H3,(H,18,19,20,21). The number of ketones is 3. The number of aromatic amines is 1. The van der Waals surface area contributed by atoms with E-state index in [0.717, 1.165) is 16.0 Å². The van der Waals surface area contributed by atoms with Crippen LogP contribution in [0.15, 0.2) is 35.7 Å². The molecule has 0 amide bonds. The minimum atomic E-state index is -0.751. The summed E-state index contributed by atoms with van der Waals surface area (Å²) in [5.74, 6) is -1.52. The van der Waals surface area contributed by atoms with Gasteiger partial charge in [0, 0.05) is 16.9 Å². The lowest BCUT2D eigenvalue weighted by Crippen LogP contribution is -2.18. The van der Waals surface area contributed by atoms with E-state index in [1.54, 1.807) is 12.1 Å². The summed E-state index contributed by atoms with van der Waals surface area (Å²) in [6.45, 7) is 1.53. The predicted octanol–water partition coefficient (Wildman–Crippen LogP) is 2.05. The number of Topliss-reactive ketones (excluding diaryl/α,β-unsaturated/α-hetero) is 3. The van der Waals surface area contributed by atoms with Gasteiger partial charge in [0.15, 0.2) is 5.78 Å². The van der Waals surface area contributed by atoms with Crippen molar-refractivity contribution in [3.05, 3.63) is 63.1 Å². The fourth-order valence-electron chi connectivity index (χ4n) is 2.37. The molecule has 1 N–H and O–H groups in total. The van der Waals surface area contributed by atoms with Gasteiger partial charge in [-0.2, -0.15) is 5.21 Å². The number of nitrogens with zero attached hydrogens (tertiary/aromatic N) is 3. The lowest BCUT2D eigenvalue weighted by Gasteiger charge is -2.04. The second-order valence-corrected chi connectivity index (χ2v) is 6.46. The van der Waals surface area contributed by atoms with Crippen LogP contribution in [0, 0.1) is 0 Å². The van der Waals surface area contributed by atoms with E-state index in [-0.39, 0.29) is 18.0 Å². The third-order valence-corrected chi connectivity index (χ3v) is 4.68. The second-order valence-electron chi connectivity index (χ2n) is 5.46. The first kappa shape index (κ1) is 16.8. The zero-order valence-corrected chi connectivity index (χ0v) is 14.2. The van der Waals surface area contributed by atoms with Crippen LogP contribution >= 0.6 is 11.3 Å². The molecule has 1 aromatic carbocycles. The first-order valence-corrected chi connectivity index (χ1v) is 8.38. The number of rotatable bonds is 7. The number of benzene rings is 1. The summed E-state index contributed by atoms with van der Waals surface area (Å²) in [7, 11) is 0. The molecule has 7 nitrogen and oxygen atoms in total. The molecule has 0 spiro atoms. The van der Waals surface area contributed by atoms with Gasteiger partial charge in [-0.15, -0.1) is 21.5 Å². The van der Waals surface area contributed by atoms with Crippen LogP contribution in [0.1, 0.15) is 43.9 Å². The molecular formula is C17H14N4O3S. The maximum atomic E-state index is 12.1. The molecule has 25 heavy (non-hydrogen) atoms. The number of H-pyrrole nitrogens is 1. The van der Waals surface area contributed by atoms with Gasteiger partial charge in [-0.3, -0.25) is 14.4 Å². The zero-order chi connectivity index (χ0) is 17.8. The predicted molar refractivity (Wildman–Crippen MR) is 90.8 cm³/mol. The highest BCUT2D eigenvalue weighted by molar-refractivity contribution is 7.10. The van der Waals surface area contributed by atoms with Gasteiger partial charge >= 0.3 is 0 Å². The largest absolute Gasteiger partial charge is 0.295 e. The first-order chi connectivity index (χ1) is 12.0. The van der Waals surface area contributed by atoms with Crippen LogP contribution in [0.5, 0.6) is 0 Å². The summed E-state index contributed by atoms with van der Waals surface area (Å²) >= 11 is 1.43. The normalized spacial score (nSPS) is 10.6. The molecule has 0 fully saturated rings. The van der Waals surface area contributed by atoms with Gasteiger partial charge in [-0.05, 0) is 41.1 Å². The summed E-state index contributed by atoms with van der Waals surface area (Å²) in [4.78, 5) is 36.2. The third-order valence-electron chi connectivity index (χ3n) is 3.72. The minimum absolute atomic E-state index is 0.00586. The van der Waals surface area contributed by atoms with Crippen molar-refractivity contribution in [2.75, 3.05) is 0 Å². The lowest BCUT2D eigenvalue weighted by atomic mass is 10.0. The zero-order valence-electron chi connectivity index (χ0n) is 13.4. The molecule has 0 aliphatic carbocycles. The molecule has 0 saturated carbocycles. The molecular weight excluding hydrogens is 340 g/mol. The van der Waals surface area contributed by atoms with Crippen molar-refractivity contribution in [2.45, 2.75) is 19.8 Å². The van der Waals surface area contributed by atoms with Crippen LogP contribution in [0.2, 0.25) is 0 Å². The molecule has 0 aliphatic heterocycles. The van der Waals surface area contributed by atoms with Crippen LogP contribution in [0.25, 0.3) is 0 Å². The first-order valence-electron chi connectivity index (χ1n) is 7.50. The Morgan fingerprint density at radius 1 is 1.12 bits per heavy atom. The number of nitrogens with one attached hydrogen (secondary N) is 1. The van der Waals surface area contributed by atoms with Gasteiger partial charge < -0.3 is 0 Å². The molecule has 3 rings (SSSR count). The average molecular weight is 354 g/mol. The Kier molecular flexibility index (Phi) is 4.90. The van der Waals surface area contributed by atoms with Crippen LogP contribution in [0.4, 0.5) is 0 Å². The van der Waals surface area contributed by atoms with E-state index in [0.29, 0.717) is 12.0 Å². The maximum absolute atomic E-state index is 12.1. The summed E-state index contributed by atoms with van der Waals surface area (Å²) in [5, 5.41) is 14.4. The molecule has 0 bridgehead atoms. The summed E-state index contributed by atoms with van der Waals surface area (Å²) in [5.41, 5.74) is 2.67. The quantitative estimate of drug-likeness (QED) is 0.514. The van der Waals surface area contributed by atoms with E-state index in [1.807, 2.05) is 23.6 Å². The van der Waals surface area contributed by atoms with Gasteiger partial charge in [0.1, 0.15) is 0 Å². The van der Waals surface area contributed by atoms with Crippen molar-refractivity contribution in [1.82, 2.24) is 20.6 Å². The highest BCUT2D eigenvalue weighted by Crippen LogP contribution is 2.22. The van der Waals surface area contributed by atoms with Gasteiger partial charge in [0.05, 0.1) is 0 Å². The molecule has 3 aromatic rings. The van der Waals surface area contributed by atoms with Crippen LogP contribution < -0.4 is 0 Å². The lowest BCUT2D eigenvalue weighted by molar-refractivity contribution is -0.114. The molecule has 8 heteroatoms. The van der Waals surface area contributed by atoms with Crippen molar-refractivity contribution in [3.8, 4) is 0 Å². The van der Waals surface area contributed by atoms with Gasteiger partial charge in [-0.1, -0.05) is 24.3 Å². The Bertz CT molecular complexity index is 914. The number of carbonyl (C=O) groups excluding carboxylic acids is 3. The van der Waals surface area contributed by atoms with Crippen molar-refractivity contribution >= 4 is 28.7 Å². The molecule has 0 aliphatic rings. The number of thiophene rings is 1. The van der Waals surface area contributed by atoms with Gasteiger partial charge in [0.2, 0.25) is 11.6 Å². The molecule has 0 radical (unpaired) electrons. The monoisotopic (exact) mass is 354 g/mol. The van der Waals surface area contributed by atoms with Crippen LogP contribution in [0.3, 0.4) is 0 Å². The van der Waals surface area contributed by atoms with E-state index in [1.165, 1.54) is 18.3 Å². The average Bonchev–Trinajstić information content (AvgIpc) is 3.27. The topological polar surface area (TPSA) is 106 Å². The number of tetrazole rings is 1. The summed E-state index contributed by atoms with van der Waals surface area (Å²) < 4.78 is 0. The number of hydrogen-bond donors (Lipinski definition) is 1. The highest BCUT2D eigenvalue weighted by Gasteiger charge is 2.22. The summed E-state index contributed by atoms with van der Waals surface area (Å²) in [6.07, 6.45) is 0.632. The third kappa shape index (κ3) is 3.92. The van der Waals surface area contributed by atoms with Crippen molar-refractivity contribution in [2.24, 2.45) is 0 Å². The fraction of sp³-hybridized carbons (Fsp3) is 0.176. The van der Waals surface area contributed by atoms with Crippen molar-refractivity contribution < 1.29 is 14.4 Å². The van der Waals surface area contributed by atoms with E-state index in [4.69, 9.17) is 0 Å². The number of aromatic nitrogens is 4. The molecule has 0 saturated heterocycles. The molecule has 0 unspecified atom stereocenters. The van der Waals surface area contributed by atoms with E-state index >= 15 is 0 Å². The highest BCUT2D eigenvalue weighted by atomic mass is 32.1. The van der Waals surface area contributed by atoms with Crippen LogP contribution in [-0.2, 0) is 17.6 Å². The van der Waals surface area contributed by atoms with E-state index in [9.17, 15) is 14.4 Å². The van der Waals surface area contributed by atoms with E-state index in [2.05, 4.69) is 20.6 Å². The second kappa shape index (κ2) is 7.27. The molecule has 0 atom stereocenters. The Morgan fingerprint density at radius 3 is 2.52 bits per heavy atom. The van der Waals surface area contributed by atoms with Crippen molar-refractivity contribution in [1.29, 1.82) is 0 Å². The van der Waals surface area contributed by atoms with E-state index < -0.39 is 11.6 Å². The number of carbonyl (C=O) groups is 3. The SMILES string of the molecule is CC(=O)c1ccc(Cc2ccsc2CC(=O)C(=O)c2nn[nH]n2)cc1. The fourth-order valence-corrected chi connectivity index (χ4v) is 3.27. The summed E-state index contributed by atoms with van der Waals surface area (Å²) in [6, 6.07) is 9.29. The van der Waals surface area contributed by atoms with Gasteiger partial charge in [-0.25, -0.2) is 0 Å². The Balaban J connectivity index is 1.71. The Labute approximate surface area is 147 Å². The molecule has 126 valence electrons. The Morgan fingerprint density at radius 2 is 1.88 bits per heavy atom. The molecule has 2 heterocycles. The minimum Gasteiger partial charge on any atom is -0.295 e. The van der Waals surface area contributed by atoms with Crippen molar-refractivity contribution in [3.63, 3.8) is 0 Å². The number of hydrogen-bond acceptors (Lipinski definition) is 7. The Hall–Kier alpha value is -3.00. The maximum Gasteiger partial charge on any atom is 0.269 e. The van der Waals surface area contributed by atoms with Gasteiger partial charge in [0.25, 0.3) is 5.78 Å². The smallest absolute Gasteiger partial charge is 0.269 e. The van der Waals surface area contributed by atoms with Crippen LogP contribution in [-0.4, -0.2) is 38.0 Å².